The van der Waals surface area contributed by atoms with Crippen LogP contribution < -0.4 is 15.2 Å². The van der Waals surface area contributed by atoms with Crippen LogP contribution in [-0.4, -0.2) is 51.5 Å². The summed E-state index contributed by atoms with van der Waals surface area (Å²) >= 11 is 1.45. The first kappa shape index (κ1) is 19.8. The lowest BCUT2D eigenvalue weighted by Crippen LogP contribution is -2.45. The number of hydrogen-bond donors (Lipinski definition) is 2. The zero-order valence-corrected chi connectivity index (χ0v) is 16.5. The van der Waals surface area contributed by atoms with Crippen LogP contribution in [-0.2, 0) is 10.0 Å². The van der Waals surface area contributed by atoms with Gasteiger partial charge in [-0.25, -0.2) is 13.6 Å². The van der Waals surface area contributed by atoms with Gasteiger partial charge in [0.25, 0.3) is 5.91 Å². The number of carbonyl (C=O) groups excluding carboxylic acids is 1. The van der Waals surface area contributed by atoms with Gasteiger partial charge in [0.15, 0.2) is 0 Å². The monoisotopic (exact) mass is 409 g/mol. The highest BCUT2D eigenvalue weighted by Gasteiger charge is 2.21. The molecule has 0 unspecified atom stereocenters. The minimum absolute atomic E-state index is 0.00900. The van der Waals surface area contributed by atoms with Gasteiger partial charge in [0, 0.05) is 25.7 Å². The summed E-state index contributed by atoms with van der Waals surface area (Å²) in [6.45, 7) is 3.11. The molecule has 1 aliphatic heterocycles. The van der Waals surface area contributed by atoms with Crippen LogP contribution in [0.4, 0.5) is 0 Å². The van der Waals surface area contributed by atoms with E-state index < -0.39 is 10.0 Å². The lowest BCUT2D eigenvalue weighted by Gasteiger charge is -2.32. The molecule has 1 saturated heterocycles. The largest absolute Gasteiger partial charge is 0.492 e. The maximum absolute atomic E-state index is 12.1. The molecule has 1 aromatic carbocycles. The SMILES string of the molecule is NS(=O)(=O)c1ccc(OCCN2CCC(NC(=O)c3cccs3)CC2)cc1. The summed E-state index contributed by atoms with van der Waals surface area (Å²) in [6.07, 6.45) is 1.83. The highest BCUT2D eigenvalue weighted by atomic mass is 32.2. The molecule has 27 heavy (non-hydrogen) atoms. The number of hydrogen-bond acceptors (Lipinski definition) is 6. The van der Waals surface area contributed by atoms with Crippen LogP contribution in [0.3, 0.4) is 0 Å². The Balaban J connectivity index is 1.36. The normalized spacial score (nSPS) is 16.2. The number of amides is 1. The van der Waals surface area contributed by atoms with Gasteiger partial charge in [-0.1, -0.05) is 6.07 Å². The van der Waals surface area contributed by atoms with Crippen molar-refractivity contribution >= 4 is 27.3 Å². The van der Waals surface area contributed by atoms with Gasteiger partial charge in [-0.15, -0.1) is 11.3 Å². The number of thiophene rings is 1. The number of nitrogens with zero attached hydrogens (tertiary/aromatic N) is 1. The van der Waals surface area contributed by atoms with E-state index in [0.717, 1.165) is 37.4 Å². The number of nitrogens with two attached hydrogens (primary N) is 1. The molecule has 1 aliphatic rings. The van der Waals surface area contributed by atoms with Crippen molar-refractivity contribution in [3.8, 4) is 5.75 Å². The Bertz CT molecular complexity index is 843. The number of nitrogens with one attached hydrogen (secondary N) is 1. The third kappa shape index (κ3) is 5.77. The minimum Gasteiger partial charge on any atom is -0.492 e. The van der Waals surface area contributed by atoms with Crippen molar-refractivity contribution in [1.29, 1.82) is 0 Å². The van der Waals surface area contributed by atoms with E-state index >= 15 is 0 Å². The lowest BCUT2D eigenvalue weighted by molar-refractivity contribution is 0.0909. The Morgan fingerprint density at radius 3 is 2.52 bits per heavy atom. The number of benzene rings is 1. The smallest absolute Gasteiger partial charge is 0.261 e. The average molecular weight is 410 g/mol. The highest BCUT2D eigenvalue weighted by molar-refractivity contribution is 7.89. The van der Waals surface area contributed by atoms with E-state index in [2.05, 4.69) is 10.2 Å². The fourth-order valence-electron chi connectivity index (χ4n) is 2.98. The quantitative estimate of drug-likeness (QED) is 0.724. The lowest BCUT2D eigenvalue weighted by atomic mass is 10.1. The van der Waals surface area contributed by atoms with Gasteiger partial charge in [0.05, 0.1) is 9.77 Å². The van der Waals surface area contributed by atoms with Crippen molar-refractivity contribution in [3.63, 3.8) is 0 Å². The Kier molecular flexibility index (Phi) is 6.48. The molecule has 3 N–H and O–H groups in total. The van der Waals surface area contributed by atoms with Crippen molar-refractivity contribution in [2.45, 2.75) is 23.8 Å². The van der Waals surface area contributed by atoms with E-state index in [0.29, 0.717) is 12.4 Å². The van der Waals surface area contributed by atoms with Crippen LogP contribution in [0.5, 0.6) is 5.75 Å². The van der Waals surface area contributed by atoms with Crippen LogP contribution in [0.2, 0.25) is 0 Å². The van der Waals surface area contributed by atoms with E-state index in [1.54, 1.807) is 12.1 Å². The van der Waals surface area contributed by atoms with Crippen LogP contribution >= 0.6 is 11.3 Å². The summed E-state index contributed by atoms with van der Waals surface area (Å²) in [5.41, 5.74) is 0. The molecule has 0 bridgehead atoms. The molecule has 1 aromatic heterocycles. The number of sulfonamides is 1. The first-order chi connectivity index (χ1) is 12.9. The summed E-state index contributed by atoms with van der Waals surface area (Å²) in [5, 5.41) is 10.1. The molecular formula is C18H23N3O4S2. The van der Waals surface area contributed by atoms with Crippen molar-refractivity contribution in [2.24, 2.45) is 5.14 Å². The second kappa shape index (κ2) is 8.83. The fraction of sp³-hybridized carbons (Fsp3) is 0.389. The first-order valence-electron chi connectivity index (χ1n) is 8.74. The number of carbonyl (C=O) groups is 1. The molecule has 0 aliphatic carbocycles. The zero-order valence-electron chi connectivity index (χ0n) is 14.8. The van der Waals surface area contributed by atoms with Crippen molar-refractivity contribution < 1.29 is 17.9 Å². The summed E-state index contributed by atoms with van der Waals surface area (Å²) in [4.78, 5) is 15.2. The number of primary sulfonamides is 1. The van der Waals surface area contributed by atoms with Gasteiger partial charge >= 0.3 is 0 Å². The predicted octanol–water partition coefficient (Wildman–Crippen LogP) is 1.67. The first-order valence-corrected chi connectivity index (χ1v) is 11.2. The van der Waals surface area contributed by atoms with Crippen LogP contribution in [0.1, 0.15) is 22.5 Å². The summed E-state index contributed by atoms with van der Waals surface area (Å²) in [5.74, 6) is 0.621. The minimum atomic E-state index is -3.68. The van der Waals surface area contributed by atoms with E-state index in [9.17, 15) is 13.2 Å². The molecule has 1 fully saturated rings. The molecule has 0 radical (unpaired) electrons. The summed E-state index contributed by atoms with van der Waals surface area (Å²) in [7, 11) is -3.68. The van der Waals surface area contributed by atoms with Gasteiger partial charge in [-0.2, -0.15) is 0 Å². The second-order valence-electron chi connectivity index (χ2n) is 6.43. The predicted molar refractivity (Wildman–Crippen MR) is 105 cm³/mol. The molecule has 146 valence electrons. The van der Waals surface area contributed by atoms with Gasteiger partial charge in [0.1, 0.15) is 12.4 Å². The second-order valence-corrected chi connectivity index (χ2v) is 8.94. The van der Waals surface area contributed by atoms with Crippen LogP contribution in [0, 0.1) is 0 Å². The Labute approximate surface area is 163 Å². The van der Waals surface area contributed by atoms with Gasteiger partial charge in [-0.05, 0) is 48.6 Å². The van der Waals surface area contributed by atoms with Crippen molar-refractivity contribution in [1.82, 2.24) is 10.2 Å². The van der Waals surface area contributed by atoms with Crippen molar-refractivity contribution in [3.05, 3.63) is 46.7 Å². The highest BCUT2D eigenvalue weighted by Crippen LogP contribution is 2.16. The molecule has 9 heteroatoms. The fourth-order valence-corrected chi connectivity index (χ4v) is 4.13. The number of likely N-dealkylation sites (tertiary alicyclic amines) is 1. The Morgan fingerprint density at radius 2 is 1.93 bits per heavy atom. The van der Waals surface area contributed by atoms with E-state index in [-0.39, 0.29) is 16.8 Å². The van der Waals surface area contributed by atoms with E-state index in [1.807, 2.05) is 17.5 Å². The number of ether oxygens (including phenoxy) is 1. The summed E-state index contributed by atoms with van der Waals surface area (Å²) < 4.78 is 28.1. The zero-order chi connectivity index (χ0) is 19.3. The molecule has 0 spiro atoms. The van der Waals surface area contributed by atoms with E-state index in [1.165, 1.54) is 23.5 Å². The standard InChI is InChI=1S/C18H23N3O4S2/c19-27(23,24)16-5-3-15(4-6-16)25-12-11-21-9-7-14(8-10-21)20-18(22)17-2-1-13-26-17/h1-6,13-14H,7-12H2,(H,20,22)(H2,19,23,24). The molecule has 2 heterocycles. The van der Waals surface area contributed by atoms with Gasteiger partial charge < -0.3 is 10.1 Å². The Hall–Kier alpha value is -1.94. The third-order valence-corrected chi connectivity index (χ3v) is 6.29. The molecule has 0 saturated carbocycles. The number of rotatable bonds is 7. The van der Waals surface area contributed by atoms with Crippen LogP contribution in [0.25, 0.3) is 0 Å². The van der Waals surface area contributed by atoms with Crippen LogP contribution in [0.15, 0.2) is 46.7 Å². The maximum atomic E-state index is 12.1. The Morgan fingerprint density at radius 1 is 1.22 bits per heavy atom. The molecule has 0 atom stereocenters. The van der Waals surface area contributed by atoms with Gasteiger partial charge in [0.2, 0.25) is 10.0 Å². The topological polar surface area (TPSA) is 102 Å². The third-order valence-electron chi connectivity index (χ3n) is 4.50. The molecule has 2 aromatic rings. The van der Waals surface area contributed by atoms with Gasteiger partial charge in [-0.3, -0.25) is 9.69 Å². The molecule has 7 nitrogen and oxygen atoms in total. The number of piperidine rings is 1. The molecule has 1 amide bonds. The maximum Gasteiger partial charge on any atom is 0.261 e. The van der Waals surface area contributed by atoms with E-state index in [4.69, 9.17) is 9.88 Å². The van der Waals surface area contributed by atoms with Crippen molar-refractivity contribution in [2.75, 3.05) is 26.2 Å². The average Bonchev–Trinajstić information content (AvgIpc) is 3.18. The molecule has 3 rings (SSSR count). The molecular weight excluding hydrogens is 386 g/mol. The summed E-state index contributed by atoms with van der Waals surface area (Å²) in [6, 6.07) is 10.0.